The summed E-state index contributed by atoms with van der Waals surface area (Å²) in [4.78, 5) is 5.22. The smallest absolute Gasteiger partial charge is 0.240 e. The zero-order chi connectivity index (χ0) is 14.8. The lowest BCUT2D eigenvalue weighted by Crippen LogP contribution is -2.22. The molecule has 0 saturated carbocycles. The predicted molar refractivity (Wildman–Crippen MR) is 79.9 cm³/mol. The summed E-state index contributed by atoms with van der Waals surface area (Å²) in [5, 5.41) is 0.917. The predicted octanol–water partition coefficient (Wildman–Crippen LogP) is 1.95. The van der Waals surface area contributed by atoms with Gasteiger partial charge in [0.15, 0.2) is 0 Å². The summed E-state index contributed by atoms with van der Waals surface area (Å²) in [6, 6.07) is 6.49. The Labute approximate surface area is 122 Å². The van der Waals surface area contributed by atoms with Crippen molar-refractivity contribution < 1.29 is 8.42 Å². The van der Waals surface area contributed by atoms with Crippen LogP contribution >= 0.6 is 11.3 Å². The van der Waals surface area contributed by atoms with E-state index in [1.807, 2.05) is 13.8 Å². The Kier molecular flexibility index (Phi) is 4.54. The molecule has 0 bridgehead atoms. The van der Waals surface area contributed by atoms with E-state index in [1.165, 1.54) is 11.3 Å². The molecule has 2 rings (SSSR count). The van der Waals surface area contributed by atoms with Gasteiger partial charge >= 0.3 is 0 Å². The van der Waals surface area contributed by atoms with Gasteiger partial charge in [0.25, 0.3) is 0 Å². The van der Waals surface area contributed by atoms with Crippen molar-refractivity contribution in [1.82, 2.24) is 9.71 Å². The van der Waals surface area contributed by atoms with Crippen molar-refractivity contribution in [3.05, 3.63) is 45.9 Å². The average Bonchev–Trinajstić information content (AvgIpc) is 2.82. The van der Waals surface area contributed by atoms with E-state index in [0.29, 0.717) is 0 Å². The Morgan fingerprint density at radius 1 is 1.35 bits per heavy atom. The van der Waals surface area contributed by atoms with Crippen LogP contribution in [0.4, 0.5) is 0 Å². The Morgan fingerprint density at radius 2 is 2.00 bits per heavy atom. The van der Waals surface area contributed by atoms with Crippen LogP contribution in [-0.4, -0.2) is 13.4 Å². The minimum atomic E-state index is -3.50. The molecule has 0 radical (unpaired) electrons. The van der Waals surface area contributed by atoms with Gasteiger partial charge in [-0.3, -0.25) is 0 Å². The van der Waals surface area contributed by atoms with Gasteiger partial charge < -0.3 is 5.73 Å². The highest BCUT2D eigenvalue weighted by Gasteiger charge is 2.14. The molecule has 108 valence electrons. The van der Waals surface area contributed by atoms with Crippen LogP contribution in [0.15, 0.2) is 35.4 Å². The van der Waals surface area contributed by atoms with E-state index in [4.69, 9.17) is 5.73 Å². The third kappa shape index (κ3) is 3.63. The largest absolute Gasteiger partial charge is 0.324 e. The highest BCUT2D eigenvalue weighted by atomic mass is 32.2. The third-order valence-electron chi connectivity index (χ3n) is 2.82. The van der Waals surface area contributed by atoms with E-state index in [9.17, 15) is 8.42 Å². The molecule has 1 heterocycles. The van der Waals surface area contributed by atoms with E-state index in [-0.39, 0.29) is 17.5 Å². The van der Waals surface area contributed by atoms with Gasteiger partial charge in [-0.15, -0.1) is 11.3 Å². The maximum absolute atomic E-state index is 12.1. The summed E-state index contributed by atoms with van der Waals surface area (Å²) in [5.41, 5.74) is 6.64. The standard InChI is InChI=1S/C13H17N3O2S2/c1-9(14)11-3-5-13(6-4-11)20(17,18)16-8-12-7-15-10(2)19-12/h3-7,9,16H,8,14H2,1-2H3. The van der Waals surface area contributed by atoms with Crippen molar-refractivity contribution in [2.24, 2.45) is 5.73 Å². The highest BCUT2D eigenvalue weighted by molar-refractivity contribution is 7.89. The van der Waals surface area contributed by atoms with Crippen LogP contribution in [-0.2, 0) is 16.6 Å². The fourth-order valence-electron chi connectivity index (χ4n) is 1.69. The van der Waals surface area contributed by atoms with Crippen molar-refractivity contribution in [2.45, 2.75) is 31.3 Å². The molecule has 3 N–H and O–H groups in total. The van der Waals surface area contributed by atoms with Gasteiger partial charge in [-0.2, -0.15) is 0 Å². The summed E-state index contributed by atoms with van der Waals surface area (Å²) < 4.78 is 26.8. The van der Waals surface area contributed by atoms with E-state index in [0.717, 1.165) is 15.4 Å². The lowest BCUT2D eigenvalue weighted by Gasteiger charge is -2.08. The first-order valence-electron chi connectivity index (χ1n) is 6.15. The Balaban J connectivity index is 2.09. The van der Waals surface area contributed by atoms with Crippen LogP contribution in [0.1, 0.15) is 28.4 Å². The molecule has 1 aromatic heterocycles. The van der Waals surface area contributed by atoms with Crippen molar-refractivity contribution >= 4 is 21.4 Å². The lowest BCUT2D eigenvalue weighted by atomic mass is 10.1. The Hall–Kier alpha value is -1.28. The number of aryl methyl sites for hydroxylation is 1. The molecule has 1 unspecified atom stereocenters. The molecule has 0 aliphatic heterocycles. The average molecular weight is 311 g/mol. The molecule has 1 aromatic carbocycles. The first kappa shape index (κ1) is 15.1. The molecule has 0 saturated heterocycles. The van der Waals surface area contributed by atoms with Gasteiger partial charge in [0, 0.05) is 23.7 Å². The second-order valence-corrected chi connectivity index (χ2v) is 7.61. The summed E-state index contributed by atoms with van der Waals surface area (Å²) in [6.45, 7) is 3.99. The van der Waals surface area contributed by atoms with Crippen LogP contribution in [0.25, 0.3) is 0 Å². The van der Waals surface area contributed by atoms with E-state index < -0.39 is 10.0 Å². The van der Waals surface area contributed by atoms with Crippen LogP contribution in [0.3, 0.4) is 0 Å². The van der Waals surface area contributed by atoms with Crippen molar-refractivity contribution in [1.29, 1.82) is 0 Å². The number of thiazole rings is 1. The minimum absolute atomic E-state index is 0.111. The number of nitrogens with two attached hydrogens (primary N) is 1. The molecule has 0 spiro atoms. The van der Waals surface area contributed by atoms with Crippen molar-refractivity contribution in [3.63, 3.8) is 0 Å². The lowest BCUT2D eigenvalue weighted by molar-refractivity contribution is 0.581. The zero-order valence-corrected chi connectivity index (χ0v) is 13.0. The van der Waals surface area contributed by atoms with E-state index in [2.05, 4.69) is 9.71 Å². The fraction of sp³-hybridized carbons (Fsp3) is 0.308. The second kappa shape index (κ2) is 6.01. The highest BCUT2D eigenvalue weighted by Crippen LogP contribution is 2.16. The van der Waals surface area contributed by atoms with Gasteiger partial charge in [-0.1, -0.05) is 12.1 Å². The zero-order valence-electron chi connectivity index (χ0n) is 11.3. The molecule has 2 aromatic rings. The maximum Gasteiger partial charge on any atom is 0.240 e. The van der Waals surface area contributed by atoms with Crippen LogP contribution in [0, 0.1) is 6.92 Å². The van der Waals surface area contributed by atoms with Gasteiger partial charge in [0.05, 0.1) is 9.90 Å². The number of benzene rings is 1. The fourth-order valence-corrected chi connectivity index (χ4v) is 3.52. The number of nitrogens with zero attached hydrogens (tertiary/aromatic N) is 1. The molecular weight excluding hydrogens is 294 g/mol. The number of nitrogens with one attached hydrogen (secondary N) is 1. The topological polar surface area (TPSA) is 85.1 Å². The van der Waals surface area contributed by atoms with Crippen LogP contribution in [0.2, 0.25) is 0 Å². The summed E-state index contributed by atoms with van der Waals surface area (Å²) >= 11 is 1.48. The van der Waals surface area contributed by atoms with Gasteiger partial charge in [0.2, 0.25) is 10.0 Å². The molecule has 0 aliphatic carbocycles. The molecular formula is C13H17N3O2S2. The number of rotatable bonds is 5. The molecule has 0 aliphatic rings. The summed E-state index contributed by atoms with van der Waals surface area (Å²) in [6.07, 6.45) is 1.68. The van der Waals surface area contributed by atoms with Gasteiger partial charge in [-0.25, -0.2) is 18.1 Å². The maximum atomic E-state index is 12.1. The van der Waals surface area contributed by atoms with E-state index in [1.54, 1.807) is 30.5 Å². The summed E-state index contributed by atoms with van der Waals surface area (Å²) in [7, 11) is -3.50. The van der Waals surface area contributed by atoms with E-state index >= 15 is 0 Å². The molecule has 7 heteroatoms. The Bertz CT molecular complexity index is 676. The second-order valence-electron chi connectivity index (χ2n) is 4.53. The van der Waals surface area contributed by atoms with Crippen LogP contribution < -0.4 is 10.5 Å². The molecule has 20 heavy (non-hydrogen) atoms. The molecule has 1 atom stereocenters. The first-order valence-corrected chi connectivity index (χ1v) is 8.45. The molecule has 0 fully saturated rings. The normalized spacial score (nSPS) is 13.3. The van der Waals surface area contributed by atoms with Crippen molar-refractivity contribution in [3.8, 4) is 0 Å². The first-order chi connectivity index (χ1) is 9.38. The number of hydrogen-bond acceptors (Lipinski definition) is 5. The number of hydrogen-bond donors (Lipinski definition) is 2. The molecule has 0 amide bonds. The van der Waals surface area contributed by atoms with Crippen molar-refractivity contribution in [2.75, 3.05) is 0 Å². The Morgan fingerprint density at radius 3 is 2.50 bits per heavy atom. The number of sulfonamides is 1. The number of aromatic nitrogens is 1. The van der Waals surface area contributed by atoms with Gasteiger partial charge in [-0.05, 0) is 31.5 Å². The minimum Gasteiger partial charge on any atom is -0.324 e. The van der Waals surface area contributed by atoms with Crippen LogP contribution in [0.5, 0.6) is 0 Å². The van der Waals surface area contributed by atoms with Gasteiger partial charge in [0.1, 0.15) is 0 Å². The quantitative estimate of drug-likeness (QED) is 0.884. The SMILES string of the molecule is Cc1ncc(CNS(=O)(=O)c2ccc(C(C)N)cc2)s1. The third-order valence-corrected chi connectivity index (χ3v) is 5.15. The monoisotopic (exact) mass is 311 g/mol. The molecule has 5 nitrogen and oxygen atoms in total. The summed E-state index contributed by atoms with van der Waals surface area (Å²) in [5.74, 6) is 0.